The molecule has 0 bridgehead atoms. The van der Waals surface area contributed by atoms with Crippen LogP contribution < -0.4 is 10.1 Å². The van der Waals surface area contributed by atoms with Crippen molar-refractivity contribution in [3.63, 3.8) is 0 Å². The van der Waals surface area contributed by atoms with Gasteiger partial charge in [-0.25, -0.2) is 0 Å². The first kappa shape index (κ1) is 22.8. The van der Waals surface area contributed by atoms with Crippen molar-refractivity contribution in [1.29, 1.82) is 0 Å². The van der Waals surface area contributed by atoms with Gasteiger partial charge in [0.05, 0.1) is 6.61 Å². The number of carbonyl (C=O) groups excluding carboxylic acids is 2. The van der Waals surface area contributed by atoms with E-state index in [2.05, 4.69) is 38.2 Å². The van der Waals surface area contributed by atoms with Crippen LogP contribution in [0.5, 0.6) is 5.75 Å². The Morgan fingerprint density at radius 3 is 2.32 bits per heavy atom. The zero-order valence-electron chi connectivity index (χ0n) is 16.8. The van der Waals surface area contributed by atoms with E-state index >= 15 is 0 Å². The lowest BCUT2D eigenvalue weighted by Gasteiger charge is -2.32. The first-order valence-electron chi connectivity index (χ1n) is 9.76. The van der Waals surface area contributed by atoms with Crippen LogP contribution in [0.25, 0.3) is 0 Å². The highest BCUT2D eigenvalue weighted by atomic mass is 35.5. The summed E-state index contributed by atoms with van der Waals surface area (Å²) in [5.74, 6) is 0.576. The molecule has 0 spiro atoms. The monoisotopic (exact) mass is 428 g/mol. The van der Waals surface area contributed by atoms with E-state index in [9.17, 15) is 9.59 Å². The number of hydrogen-bond donors (Lipinski definition) is 1. The Kier molecular flexibility index (Phi) is 8.44. The van der Waals surface area contributed by atoms with Crippen LogP contribution in [0.4, 0.5) is 0 Å². The van der Waals surface area contributed by atoms with Gasteiger partial charge in [-0.15, -0.1) is 0 Å². The Balaban J connectivity index is 1.62. The Labute approximate surface area is 177 Å². The van der Waals surface area contributed by atoms with Gasteiger partial charge in [-0.3, -0.25) is 9.59 Å². The summed E-state index contributed by atoms with van der Waals surface area (Å²) in [7, 11) is 0. The van der Waals surface area contributed by atoms with Crippen molar-refractivity contribution in [2.24, 2.45) is 0 Å². The maximum atomic E-state index is 12.1. The maximum absolute atomic E-state index is 12.1. The van der Waals surface area contributed by atoms with Gasteiger partial charge in [0.2, 0.25) is 5.91 Å². The summed E-state index contributed by atoms with van der Waals surface area (Å²) in [6.07, 6.45) is 2.51. The van der Waals surface area contributed by atoms with Crippen molar-refractivity contribution in [1.82, 2.24) is 10.2 Å². The fourth-order valence-corrected chi connectivity index (χ4v) is 3.43. The number of rotatable bonds is 7. The van der Waals surface area contributed by atoms with Crippen LogP contribution in [0.15, 0.2) is 24.3 Å². The second-order valence-corrected chi connectivity index (χ2v) is 9.29. The standard InChI is InChI=1S/C21H30Cl2N2O3/c1-21(2,3)15-6-8-17(9-7-15)28-14-4-5-18(26)24-16-10-12-25(13-11-16)20(27)19(22)23/h6-9,16,19H,4-5,10-14H2,1-3H3,(H,24,26). The number of nitrogens with one attached hydrogen (secondary N) is 1. The molecule has 28 heavy (non-hydrogen) atoms. The van der Waals surface area contributed by atoms with Gasteiger partial charge < -0.3 is 15.0 Å². The summed E-state index contributed by atoms with van der Waals surface area (Å²) in [6.45, 7) is 8.16. The molecule has 1 aliphatic rings. The summed E-state index contributed by atoms with van der Waals surface area (Å²) in [5, 5.41) is 3.03. The molecule has 1 aromatic rings. The van der Waals surface area contributed by atoms with Gasteiger partial charge in [-0.05, 0) is 42.4 Å². The fourth-order valence-electron chi connectivity index (χ4n) is 3.16. The average molecular weight is 429 g/mol. The van der Waals surface area contributed by atoms with Crippen molar-refractivity contribution < 1.29 is 14.3 Å². The highest BCUT2D eigenvalue weighted by Gasteiger charge is 2.26. The van der Waals surface area contributed by atoms with Gasteiger partial charge in [0.1, 0.15) is 5.75 Å². The molecule has 1 fully saturated rings. The number of hydrogen-bond acceptors (Lipinski definition) is 3. The summed E-state index contributed by atoms with van der Waals surface area (Å²) in [5.41, 5.74) is 1.38. The van der Waals surface area contributed by atoms with Crippen molar-refractivity contribution >= 4 is 35.0 Å². The van der Waals surface area contributed by atoms with Gasteiger partial charge in [0.15, 0.2) is 4.84 Å². The first-order chi connectivity index (χ1) is 13.2. The molecule has 1 aliphatic heterocycles. The highest BCUT2D eigenvalue weighted by Crippen LogP contribution is 2.24. The van der Waals surface area contributed by atoms with Crippen LogP contribution in [-0.2, 0) is 15.0 Å². The average Bonchev–Trinajstić information content (AvgIpc) is 2.65. The zero-order valence-corrected chi connectivity index (χ0v) is 18.4. The predicted molar refractivity (Wildman–Crippen MR) is 113 cm³/mol. The minimum absolute atomic E-state index is 0.0176. The van der Waals surface area contributed by atoms with Crippen LogP contribution in [0.1, 0.15) is 52.0 Å². The van der Waals surface area contributed by atoms with Crippen molar-refractivity contribution in [2.45, 2.75) is 62.7 Å². The van der Waals surface area contributed by atoms with Crippen molar-refractivity contribution in [3.8, 4) is 5.75 Å². The number of piperidine rings is 1. The smallest absolute Gasteiger partial charge is 0.255 e. The number of nitrogens with zero attached hydrogens (tertiary/aromatic N) is 1. The minimum atomic E-state index is -1.02. The first-order valence-corrected chi connectivity index (χ1v) is 10.6. The number of likely N-dealkylation sites (tertiary alicyclic amines) is 1. The van der Waals surface area contributed by atoms with Gasteiger partial charge >= 0.3 is 0 Å². The van der Waals surface area contributed by atoms with Crippen molar-refractivity contribution in [2.75, 3.05) is 19.7 Å². The van der Waals surface area contributed by atoms with Crippen LogP contribution >= 0.6 is 23.2 Å². The van der Waals surface area contributed by atoms with Gasteiger partial charge in [-0.1, -0.05) is 56.1 Å². The summed E-state index contributed by atoms with van der Waals surface area (Å²) >= 11 is 11.2. The summed E-state index contributed by atoms with van der Waals surface area (Å²) < 4.78 is 5.73. The third kappa shape index (κ3) is 7.17. The molecule has 7 heteroatoms. The maximum Gasteiger partial charge on any atom is 0.255 e. The molecule has 0 unspecified atom stereocenters. The molecule has 1 heterocycles. The Bertz CT molecular complexity index is 649. The number of halogens is 2. The molecule has 2 rings (SSSR count). The van der Waals surface area contributed by atoms with Crippen LogP contribution in [-0.4, -0.2) is 47.3 Å². The third-order valence-electron chi connectivity index (χ3n) is 4.90. The minimum Gasteiger partial charge on any atom is -0.494 e. The normalized spacial score (nSPS) is 15.6. The Morgan fingerprint density at radius 2 is 1.79 bits per heavy atom. The van der Waals surface area contributed by atoms with Crippen molar-refractivity contribution in [3.05, 3.63) is 29.8 Å². The number of alkyl halides is 2. The van der Waals surface area contributed by atoms with E-state index < -0.39 is 4.84 Å². The van der Waals surface area contributed by atoms with E-state index in [1.807, 2.05) is 12.1 Å². The van der Waals surface area contributed by atoms with E-state index in [-0.39, 0.29) is 23.3 Å². The molecule has 0 radical (unpaired) electrons. The topological polar surface area (TPSA) is 58.6 Å². The lowest BCUT2D eigenvalue weighted by atomic mass is 9.87. The quantitative estimate of drug-likeness (QED) is 0.526. The summed E-state index contributed by atoms with van der Waals surface area (Å²) in [6, 6.07) is 8.20. The lowest BCUT2D eigenvalue weighted by Crippen LogP contribution is -2.47. The predicted octanol–water partition coefficient (Wildman–Crippen LogP) is 4.05. The molecule has 0 aliphatic carbocycles. The van der Waals surface area contributed by atoms with Crippen LogP contribution in [0, 0.1) is 0 Å². The highest BCUT2D eigenvalue weighted by molar-refractivity contribution is 6.53. The van der Waals surface area contributed by atoms with Crippen LogP contribution in [0.3, 0.4) is 0 Å². The lowest BCUT2D eigenvalue weighted by molar-refractivity contribution is -0.130. The third-order valence-corrected chi connectivity index (χ3v) is 5.27. The number of ether oxygens (including phenoxy) is 1. The number of carbonyl (C=O) groups is 2. The second-order valence-electron chi connectivity index (χ2n) is 8.19. The zero-order chi connectivity index (χ0) is 20.7. The molecule has 1 aromatic carbocycles. The Morgan fingerprint density at radius 1 is 1.18 bits per heavy atom. The molecule has 5 nitrogen and oxygen atoms in total. The van der Waals surface area contributed by atoms with Gasteiger partial charge in [0.25, 0.3) is 5.91 Å². The van der Waals surface area contributed by atoms with Crippen LogP contribution in [0.2, 0.25) is 0 Å². The largest absolute Gasteiger partial charge is 0.494 e. The number of amides is 2. The van der Waals surface area contributed by atoms with Gasteiger partial charge in [0, 0.05) is 25.6 Å². The second kappa shape index (κ2) is 10.4. The molecule has 0 aromatic heterocycles. The molecule has 1 N–H and O–H groups in total. The summed E-state index contributed by atoms with van der Waals surface area (Å²) in [4.78, 5) is 24.5. The van der Waals surface area contributed by atoms with E-state index in [0.717, 1.165) is 5.75 Å². The number of benzene rings is 1. The van der Waals surface area contributed by atoms with E-state index in [1.165, 1.54) is 5.56 Å². The Hall–Kier alpha value is -1.46. The molecular weight excluding hydrogens is 399 g/mol. The molecule has 1 saturated heterocycles. The molecule has 0 atom stereocenters. The molecular formula is C21H30Cl2N2O3. The molecule has 0 saturated carbocycles. The van der Waals surface area contributed by atoms with E-state index in [4.69, 9.17) is 27.9 Å². The van der Waals surface area contributed by atoms with Gasteiger partial charge in [-0.2, -0.15) is 0 Å². The fraction of sp³-hybridized carbons (Fsp3) is 0.619. The molecule has 2 amide bonds. The van der Waals surface area contributed by atoms with E-state index in [0.29, 0.717) is 45.4 Å². The van der Waals surface area contributed by atoms with E-state index in [1.54, 1.807) is 4.90 Å². The molecule has 156 valence electrons. The SMILES string of the molecule is CC(C)(C)c1ccc(OCCCC(=O)NC2CCN(C(=O)C(Cl)Cl)CC2)cc1.